The first-order valence-corrected chi connectivity index (χ1v) is 12.6. The molecule has 0 aromatic rings. The molecule has 0 amide bonds. The standard InChI is InChI=1S/C11H28O3Si2/c1-12-16(5,6)11-10-13-8-7-9-14-15(2,3)4/h7-11H2,1-6H3. The second-order valence-electron chi connectivity index (χ2n) is 5.64. The summed E-state index contributed by atoms with van der Waals surface area (Å²) in [7, 11) is -0.956. The third-order valence-corrected chi connectivity index (χ3v) is 5.95. The fourth-order valence-electron chi connectivity index (χ4n) is 1.06. The largest absolute Gasteiger partial charge is 0.420 e. The van der Waals surface area contributed by atoms with Crippen molar-refractivity contribution >= 4 is 16.6 Å². The van der Waals surface area contributed by atoms with Crippen LogP contribution in [0.15, 0.2) is 0 Å². The normalized spacial score (nSPS) is 13.1. The Bertz CT molecular complexity index is 179. The van der Waals surface area contributed by atoms with E-state index >= 15 is 0 Å². The fourth-order valence-corrected chi connectivity index (χ4v) is 2.66. The molecule has 0 N–H and O–H groups in total. The Morgan fingerprint density at radius 1 is 0.875 bits per heavy atom. The molecule has 3 nitrogen and oxygen atoms in total. The van der Waals surface area contributed by atoms with E-state index in [-0.39, 0.29) is 0 Å². The lowest BCUT2D eigenvalue weighted by molar-refractivity contribution is 0.127. The number of ether oxygens (including phenoxy) is 1. The van der Waals surface area contributed by atoms with Gasteiger partial charge < -0.3 is 13.6 Å². The van der Waals surface area contributed by atoms with Gasteiger partial charge in [0.05, 0.1) is 0 Å². The van der Waals surface area contributed by atoms with Crippen LogP contribution in [0.1, 0.15) is 6.42 Å². The molecule has 0 unspecified atom stereocenters. The van der Waals surface area contributed by atoms with Gasteiger partial charge in [-0.3, -0.25) is 0 Å². The van der Waals surface area contributed by atoms with Crippen LogP contribution in [0.4, 0.5) is 0 Å². The molecule has 0 saturated carbocycles. The zero-order valence-electron chi connectivity index (χ0n) is 11.8. The van der Waals surface area contributed by atoms with E-state index in [0.29, 0.717) is 0 Å². The lowest BCUT2D eigenvalue weighted by Crippen LogP contribution is -2.30. The Balaban J connectivity index is 3.29. The van der Waals surface area contributed by atoms with E-state index in [1.165, 1.54) is 0 Å². The molecule has 0 heterocycles. The van der Waals surface area contributed by atoms with Gasteiger partial charge in [0.2, 0.25) is 0 Å². The van der Waals surface area contributed by atoms with Crippen molar-refractivity contribution in [2.45, 2.75) is 45.2 Å². The minimum absolute atomic E-state index is 0.804. The summed E-state index contributed by atoms with van der Waals surface area (Å²) in [5.74, 6) is 0. The lowest BCUT2D eigenvalue weighted by atomic mass is 10.5. The van der Waals surface area contributed by atoms with Crippen LogP contribution < -0.4 is 0 Å². The Morgan fingerprint density at radius 3 is 2.00 bits per heavy atom. The minimum atomic E-state index is -1.43. The molecule has 0 aliphatic rings. The van der Waals surface area contributed by atoms with Crippen molar-refractivity contribution in [1.82, 2.24) is 0 Å². The van der Waals surface area contributed by atoms with Crippen molar-refractivity contribution in [1.29, 1.82) is 0 Å². The number of rotatable bonds is 9. The van der Waals surface area contributed by atoms with Crippen molar-refractivity contribution in [3.05, 3.63) is 0 Å². The predicted molar refractivity (Wildman–Crippen MR) is 74.0 cm³/mol. The summed E-state index contributed by atoms with van der Waals surface area (Å²) in [6.07, 6.45) is 0.999. The van der Waals surface area contributed by atoms with Gasteiger partial charge in [-0.15, -0.1) is 0 Å². The zero-order valence-corrected chi connectivity index (χ0v) is 13.8. The topological polar surface area (TPSA) is 27.7 Å². The van der Waals surface area contributed by atoms with Gasteiger partial charge in [-0.2, -0.15) is 0 Å². The molecule has 0 aromatic carbocycles. The smallest absolute Gasteiger partial charge is 0.188 e. The monoisotopic (exact) mass is 264 g/mol. The molecule has 0 spiro atoms. The molecule has 0 rings (SSSR count). The summed E-state index contributed by atoms with van der Waals surface area (Å²) in [6, 6.07) is 1.07. The summed E-state index contributed by atoms with van der Waals surface area (Å²) in [5, 5.41) is 0. The molecular formula is C11H28O3Si2. The van der Waals surface area contributed by atoms with E-state index in [4.69, 9.17) is 13.6 Å². The van der Waals surface area contributed by atoms with Crippen LogP contribution in [0, 0.1) is 0 Å². The maximum atomic E-state index is 5.74. The number of hydrogen-bond acceptors (Lipinski definition) is 3. The molecule has 5 heteroatoms. The molecule has 0 aromatic heterocycles. The van der Waals surface area contributed by atoms with Crippen LogP contribution in [0.5, 0.6) is 0 Å². The van der Waals surface area contributed by atoms with Crippen molar-refractivity contribution in [2.24, 2.45) is 0 Å². The fraction of sp³-hybridized carbons (Fsp3) is 1.00. The molecular weight excluding hydrogens is 236 g/mol. The van der Waals surface area contributed by atoms with E-state index in [0.717, 1.165) is 32.3 Å². The Kier molecular flexibility index (Phi) is 7.75. The highest BCUT2D eigenvalue weighted by molar-refractivity contribution is 6.71. The molecule has 16 heavy (non-hydrogen) atoms. The van der Waals surface area contributed by atoms with Crippen molar-refractivity contribution in [3.63, 3.8) is 0 Å². The summed E-state index contributed by atoms with van der Waals surface area (Å²) < 4.78 is 16.8. The molecule has 0 atom stereocenters. The average molecular weight is 265 g/mol. The molecule has 0 saturated heterocycles. The van der Waals surface area contributed by atoms with Gasteiger partial charge in [-0.1, -0.05) is 0 Å². The van der Waals surface area contributed by atoms with E-state index in [1.54, 1.807) is 7.11 Å². The van der Waals surface area contributed by atoms with Crippen LogP contribution >= 0.6 is 0 Å². The van der Waals surface area contributed by atoms with Crippen molar-refractivity contribution in [3.8, 4) is 0 Å². The Morgan fingerprint density at radius 2 is 1.50 bits per heavy atom. The van der Waals surface area contributed by atoms with E-state index in [2.05, 4.69) is 32.7 Å². The Hall–Kier alpha value is 0.314. The molecule has 0 aliphatic heterocycles. The van der Waals surface area contributed by atoms with Gasteiger partial charge in [-0.25, -0.2) is 0 Å². The maximum absolute atomic E-state index is 5.74. The van der Waals surface area contributed by atoms with Crippen LogP contribution in [-0.4, -0.2) is 43.6 Å². The second kappa shape index (κ2) is 7.60. The predicted octanol–water partition coefficient (Wildman–Crippen LogP) is 3.10. The van der Waals surface area contributed by atoms with E-state index in [1.807, 2.05) is 0 Å². The Labute approximate surface area is 103 Å². The molecule has 98 valence electrons. The average Bonchev–Trinajstić information content (AvgIpc) is 2.14. The second-order valence-corrected chi connectivity index (χ2v) is 14.6. The van der Waals surface area contributed by atoms with Gasteiger partial charge in [-0.05, 0) is 45.2 Å². The van der Waals surface area contributed by atoms with Crippen molar-refractivity contribution < 1.29 is 13.6 Å². The first kappa shape index (κ1) is 16.3. The van der Waals surface area contributed by atoms with Gasteiger partial charge in [0.15, 0.2) is 16.6 Å². The van der Waals surface area contributed by atoms with Crippen LogP contribution in [0.25, 0.3) is 0 Å². The third-order valence-electron chi connectivity index (χ3n) is 2.37. The van der Waals surface area contributed by atoms with E-state index < -0.39 is 16.6 Å². The molecule has 0 aliphatic carbocycles. The highest BCUT2D eigenvalue weighted by Crippen LogP contribution is 2.09. The first-order chi connectivity index (χ1) is 7.27. The molecule has 0 radical (unpaired) electrons. The summed E-state index contributed by atoms with van der Waals surface area (Å²) in [6.45, 7) is 13.5. The van der Waals surface area contributed by atoms with Crippen LogP contribution in [0.3, 0.4) is 0 Å². The molecule has 0 fully saturated rings. The van der Waals surface area contributed by atoms with Gasteiger partial charge in [0.25, 0.3) is 0 Å². The minimum Gasteiger partial charge on any atom is -0.420 e. The van der Waals surface area contributed by atoms with Crippen molar-refractivity contribution in [2.75, 3.05) is 26.9 Å². The van der Waals surface area contributed by atoms with E-state index in [9.17, 15) is 0 Å². The summed E-state index contributed by atoms with van der Waals surface area (Å²) in [5.41, 5.74) is 0. The summed E-state index contributed by atoms with van der Waals surface area (Å²) in [4.78, 5) is 0. The molecule has 0 bridgehead atoms. The SMILES string of the molecule is CO[Si](C)(C)CCOCCCO[Si](C)(C)C. The van der Waals surface area contributed by atoms with Gasteiger partial charge >= 0.3 is 0 Å². The van der Waals surface area contributed by atoms with Gasteiger partial charge in [0.1, 0.15) is 0 Å². The first-order valence-electron chi connectivity index (χ1n) is 6.04. The third kappa shape index (κ3) is 10.8. The highest BCUT2D eigenvalue weighted by atomic mass is 28.4. The zero-order chi connectivity index (χ0) is 12.7. The maximum Gasteiger partial charge on any atom is 0.188 e. The summed E-state index contributed by atoms with van der Waals surface area (Å²) >= 11 is 0. The highest BCUT2D eigenvalue weighted by Gasteiger charge is 2.19. The quantitative estimate of drug-likeness (QED) is 0.473. The lowest BCUT2D eigenvalue weighted by Gasteiger charge is -2.20. The number of hydrogen-bond donors (Lipinski definition) is 0. The van der Waals surface area contributed by atoms with Crippen LogP contribution in [-0.2, 0) is 13.6 Å². The van der Waals surface area contributed by atoms with Gasteiger partial charge in [0, 0.05) is 26.9 Å². The van der Waals surface area contributed by atoms with Crippen LogP contribution in [0.2, 0.25) is 38.8 Å².